The van der Waals surface area contributed by atoms with Gasteiger partial charge in [-0.2, -0.15) is 0 Å². The number of benzene rings is 1. The summed E-state index contributed by atoms with van der Waals surface area (Å²) in [6.45, 7) is 2.37. The third kappa shape index (κ3) is 4.64. The molecular formula is C16H13Br2N2O5Pt. The molecule has 7 nitrogen and oxygen atoms in total. The minimum absolute atomic E-state index is 0. The van der Waals surface area contributed by atoms with E-state index in [-0.39, 0.29) is 39.7 Å². The van der Waals surface area contributed by atoms with E-state index in [2.05, 4.69) is 34.5 Å². The molecule has 1 aromatic carbocycles. The number of ether oxygens (including phenoxy) is 2. The van der Waals surface area contributed by atoms with E-state index < -0.39 is 5.97 Å². The van der Waals surface area contributed by atoms with Crippen LogP contribution in [0.2, 0.25) is 0 Å². The molecule has 0 fully saturated rings. The predicted octanol–water partition coefficient (Wildman–Crippen LogP) is -3.64. The number of esters is 1. The summed E-state index contributed by atoms with van der Waals surface area (Å²) < 4.78 is 21.7. The standard InChI is InChI=1S/C16H13N2O5.2BrH.Pt/c1-3-21-13-8-17-14(23-13)10-5-4-6-11(7-10)15-18-12(9-22-15)16(19)20-2;;;/h4-6,8-9H,3H2,1-2H3;2*1H;/q;;;+2/p-2. The smallest absolute Gasteiger partial charge is 1.00 e. The van der Waals surface area contributed by atoms with E-state index in [9.17, 15) is 4.79 Å². The molecule has 0 N–H and O–H groups in total. The molecule has 141 valence electrons. The zero-order valence-corrected chi connectivity index (χ0v) is 19.0. The van der Waals surface area contributed by atoms with Gasteiger partial charge in [0.05, 0.1) is 0 Å². The molecule has 0 aliphatic carbocycles. The fourth-order valence-corrected chi connectivity index (χ4v) is 2.89. The Kier molecular flexibility index (Phi) is 8.73. The molecule has 0 saturated heterocycles. The molecule has 10 heteroatoms. The average Bonchev–Trinajstić information content (AvgIpc) is 3.24. The SMILES string of the molecule is CCOc1cnc(-c2cccc(-c3nc(C(=O)OC)co3)[c]2[Pt+2])o1.[Br-].[Br-]. The maximum Gasteiger partial charge on any atom is -1.00 e. The molecule has 3 aromatic rings. The second kappa shape index (κ2) is 10.0. The van der Waals surface area contributed by atoms with Crippen LogP contribution in [0.3, 0.4) is 0 Å². The van der Waals surface area contributed by atoms with Crippen molar-refractivity contribution in [3.63, 3.8) is 0 Å². The van der Waals surface area contributed by atoms with Gasteiger partial charge in [-0.05, 0) is 0 Å². The topological polar surface area (TPSA) is 87.6 Å². The molecule has 0 radical (unpaired) electrons. The van der Waals surface area contributed by atoms with Crippen molar-refractivity contribution in [3.05, 3.63) is 36.4 Å². The number of hydrogen-bond acceptors (Lipinski definition) is 7. The van der Waals surface area contributed by atoms with Crippen LogP contribution in [0, 0.1) is 0 Å². The van der Waals surface area contributed by atoms with Gasteiger partial charge in [-0.25, -0.2) is 0 Å². The van der Waals surface area contributed by atoms with Crippen molar-refractivity contribution in [1.82, 2.24) is 9.97 Å². The third-order valence-corrected chi connectivity index (χ3v) is 4.32. The maximum absolute atomic E-state index is 11.5. The minimum Gasteiger partial charge on any atom is -1.00 e. The molecule has 2 aromatic heterocycles. The summed E-state index contributed by atoms with van der Waals surface area (Å²) >= 11 is 2.14. The Balaban J connectivity index is 0.00000169. The summed E-state index contributed by atoms with van der Waals surface area (Å²) in [4.78, 5) is 19.9. The number of oxazole rings is 2. The van der Waals surface area contributed by atoms with Gasteiger partial charge in [0.1, 0.15) is 0 Å². The van der Waals surface area contributed by atoms with Gasteiger partial charge in [0, 0.05) is 0 Å². The van der Waals surface area contributed by atoms with Crippen LogP contribution in [0.5, 0.6) is 5.95 Å². The van der Waals surface area contributed by atoms with Crippen molar-refractivity contribution in [2.24, 2.45) is 0 Å². The number of nitrogens with zero attached hydrogens (tertiary/aromatic N) is 2. The van der Waals surface area contributed by atoms with Gasteiger partial charge in [-0.3, -0.25) is 0 Å². The normalized spacial score (nSPS) is 9.81. The van der Waals surface area contributed by atoms with E-state index in [0.717, 1.165) is 15.1 Å². The largest absolute Gasteiger partial charge is 1.00 e. The molecule has 26 heavy (non-hydrogen) atoms. The molecular weight excluding hydrogens is 655 g/mol. The Labute approximate surface area is 181 Å². The van der Waals surface area contributed by atoms with Gasteiger partial charge in [-0.1, -0.05) is 0 Å². The van der Waals surface area contributed by atoms with Crippen LogP contribution >= 0.6 is 0 Å². The second-order valence-electron chi connectivity index (χ2n) is 4.58. The van der Waals surface area contributed by atoms with E-state index in [1.165, 1.54) is 19.6 Å². The number of aromatic nitrogens is 2. The number of halogens is 2. The number of carbonyl (C=O) groups is 1. The molecule has 0 spiro atoms. The van der Waals surface area contributed by atoms with Crippen LogP contribution in [-0.2, 0) is 24.6 Å². The van der Waals surface area contributed by atoms with Crippen molar-refractivity contribution >= 4 is 9.92 Å². The van der Waals surface area contributed by atoms with E-state index >= 15 is 0 Å². The molecule has 0 aliphatic rings. The number of rotatable bonds is 5. The minimum atomic E-state index is -0.551. The van der Waals surface area contributed by atoms with Crippen molar-refractivity contribution in [3.8, 4) is 28.9 Å². The Morgan fingerprint density at radius 2 is 1.92 bits per heavy atom. The van der Waals surface area contributed by atoms with Gasteiger partial charge in [0.15, 0.2) is 0 Å². The van der Waals surface area contributed by atoms with E-state index in [1.807, 2.05) is 25.1 Å². The quantitative estimate of drug-likeness (QED) is 0.260. The molecule has 3 rings (SSSR count). The summed E-state index contributed by atoms with van der Waals surface area (Å²) in [5, 5.41) is 0. The Morgan fingerprint density at radius 1 is 1.23 bits per heavy atom. The molecule has 2 heterocycles. The van der Waals surface area contributed by atoms with Crippen LogP contribution in [0.15, 0.2) is 39.5 Å². The molecule has 0 unspecified atom stereocenters. The van der Waals surface area contributed by atoms with Crippen LogP contribution in [0.1, 0.15) is 17.4 Å². The van der Waals surface area contributed by atoms with Crippen molar-refractivity contribution in [2.75, 3.05) is 13.7 Å². The Bertz CT molecular complexity index is 881. The Hall–Kier alpha value is -1.44. The summed E-state index contributed by atoms with van der Waals surface area (Å²) in [5.74, 6) is 0.562. The third-order valence-electron chi connectivity index (χ3n) is 3.10. The molecule has 0 atom stereocenters. The number of hydrogen-bond donors (Lipinski definition) is 0. The first kappa shape index (κ1) is 22.6. The van der Waals surface area contributed by atoms with Crippen LogP contribution in [0.25, 0.3) is 22.9 Å². The fourth-order valence-electron chi connectivity index (χ4n) is 2.03. The first-order chi connectivity index (χ1) is 11.6. The van der Waals surface area contributed by atoms with Crippen molar-refractivity contribution < 1.29 is 76.9 Å². The van der Waals surface area contributed by atoms with Crippen molar-refractivity contribution in [2.45, 2.75) is 6.92 Å². The first-order valence-electron chi connectivity index (χ1n) is 7.02. The zero-order valence-electron chi connectivity index (χ0n) is 13.6. The summed E-state index contributed by atoms with van der Waals surface area (Å²) in [6, 6.07) is 5.54. The fraction of sp³-hybridized carbons (Fsp3) is 0.188. The second-order valence-corrected chi connectivity index (χ2v) is 5.72. The van der Waals surface area contributed by atoms with Crippen LogP contribution in [-0.4, -0.2) is 29.7 Å². The number of carbonyl (C=O) groups excluding carboxylic acids is 1. The van der Waals surface area contributed by atoms with Gasteiger partial charge < -0.3 is 34.0 Å². The monoisotopic (exact) mass is 666 g/mol. The van der Waals surface area contributed by atoms with Gasteiger partial charge in [-0.15, -0.1) is 0 Å². The molecule has 0 bridgehead atoms. The average molecular weight is 668 g/mol. The Morgan fingerprint density at radius 3 is 2.58 bits per heavy atom. The van der Waals surface area contributed by atoms with Crippen LogP contribution in [0.4, 0.5) is 0 Å². The summed E-state index contributed by atoms with van der Waals surface area (Å²) in [5.41, 5.74) is 1.61. The van der Waals surface area contributed by atoms with Gasteiger partial charge in [0.25, 0.3) is 0 Å². The predicted molar refractivity (Wildman–Crippen MR) is 79.6 cm³/mol. The van der Waals surface area contributed by atoms with Gasteiger partial charge >= 0.3 is 149 Å². The molecule has 0 aliphatic heterocycles. The number of methoxy groups -OCH3 is 1. The molecule has 0 saturated carbocycles. The molecule has 0 amide bonds. The zero-order chi connectivity index (χ0) is 17.1. The van der Waals surface area contributed by atoms with E-state index in [1.54, 1.807) is 0 Å². The first-order valence-corrected chi connectivity index (χ1v) is 8.16. The van der Waals surface area contributed by atoms with Crippen LogP contribution < -0.4 is 42.7 Å². The summed E-state index contributed by atoms with van der Waals surface area (Å²) in [7, 11) is 1.29. The maximum atomic E-state index is 11.5. The van der Waals surface area contributed by atoms with Crippen molar-refractivity contribution in [1.29, 1.82) is 0 Å². The van der Waals surface area contributed by atoms with E-state index in [4.69, 9.17) is 13.6 Å². The van der Waals surface area contributed by atoms with E-state index in [0.29, 0.717) is 24.3 Å². The summed E-state index contributed by atoms with van der Waals surface area (Å²) in [6.07, 6.45) is 2.80. The van der Waals surface area contributed by atoms with Gasteiger partial charge in [0.2, 0.25) is 0 Å².